The van der Waals surface area contributed by atoms with Gasteiger partial charge in [-0.3, -0.25) is 4.79 Å². The quantitative estimate of drug-likeness (QED) is 0.679. The molecule has 5 heteroatoms. The Labute approximate surface area is 96.4 Å². The number of hydrogen-bond donors (Lipinski definition) is 2. The van der Waals surface area contributed by atoms with E-state index in [-0.39, 0.29) is 35.3 Å². The van der Waals surface area contributed by atoms with Crippen molar-refractivity contribution in [2.24, 2.45) is 0 Å². The predicted molar refractivity (Wildman–Crippen MR) is 61.2 cm³/mol. The molecule has 0 aromatic rings. The fourth-order valence-corrected chi connectivity index (χ4v) is 1.62. The number of nitrogens with one attached hydrogen (secondary N) is 2. The van der Waals surface area contributed by atoms with Gasteiger partial charge in [0, 0.05) is 17.5 Å². The van der Waals surface area contributed by atoms with Gasteiger partial charge < -0.3 is 10.6 Å². The minimum absolute atomic E-state index is 0. The Balaban J connectivity index is 0.00000169. The van der Waals surface area contributed by atoms with Gasteiger partial charge in [0.15, 0.2) is 0 Å². The minimum Gasteiger partial charge on any atom is -0.350 e. The van der Waals surface area contributed by atoms with Gasteiger partial charge >= 0.3 is 0 Å². The normalized spacial score (nSPS) is 26.9. The number of carbonyl (C=O) groups excluding carboxylic acids is 1. The van der Waals surface area contributed by atoms with Gasteiger partial charge in [-0.05, 0) is 27.2 Å². The molecule has 1 amide bonds. The topological polar surface area (TPSA) is 41.1 Å². The number of hydrogen-bond acceptors (Lipinski definition) is 2. The highest BCUT2D eigenvalue weighted by atomic mass is 35.5. The Morgan fingerprint density at radius 2 is 2.07 bits per heavy atom. The molecule has 0 aromatic heterocycles. The molecule has 1 fully saturated rings. The molecule has 14 heavy (non-hydrogen) atoms. The van der Waals surface area contributed by atoms with Gasteiger partial charge in [0.25, 0.3) is 0 Å². The molecule has 0 radical (unpaired) electrons. The van der Waals surface area contributed by atoms with Crippen LogP contribution in [0.3, 0.4) is 0 Å². The van der Waals surface area contributed by atoms with Gasteiger partial charge in [-0.15, -0.1) is 24.0 Å². The fraction of sp³-hybridized carbons (Fsp3) is 0.889. The molecule has 0 bridgehead atoms. The molecule has 0 spiro atoms. The first-order chi connectivity index (χ1) is 5.88. The number of alkyl halides is 1. The lowest BCUT2D eigenvalue weighted by Gasteiger charge is -2.22. The molecule has 0 saturated carbocycles. The molecular weight excluding hydrogens is 223 g/mol. The Hall–Kier alpha value is 0.01000. The molecule has 2 atom stereocenters. The monoisotopic (exact) mass is 240 g/mol. The second-order valence-electron chi connectivity index (χ2n) is 4.53. The fourth-order valence-electron chi connectivity index (χ4n) is 1.35. The molecule has 0 aromatic carbocycles. The van der Waals surface area contributed by atoms with E-state index in [1.807, 2.05) is 20.8 Å². The second-order valence-corrected chi connectivity index (χ2v) is 5.15. The molecular formula is C9H18Cl2N2O. The van der Waals surface area contributed by atoms with E-state index in [1.54, 1.807) is 0 Å². The van der Waals surface area contributed by atoms with Gasteiger partial charge in [-0.1, -0.05) is 0 Å². The first kappa shape index (κ1) is 14.0. The van der Waals surface area contributed by atoms with Crippen LogP contribution < -0.4 is 10.6 Å². The first-order valence-corrected chi connectivity index (χ1v) is 5.01. The van der Waals surface area contributed by atoms with Crippen molar-refractivity contribution in [3.63, 3.8) is 0 Å². The van der Waals surface area contributed by atoms with Crippen LogP contribution >= 0.6 is 24.0 Å². The minimum atomic E-state index is -0.164. The summed E-state index contributed by atoms with van der Waals surface area (Å²) in [5.74, 6) is 0.0515. The molecule has 2 N–H and O–H groups in total. The molecule has 84 valence electrons. The van der Waals surface area contributed by atoms with Crippen molar-refractivity contribution in [1.82, 2.24) is 10.6 Å². The van der Waals surface area contributed by atoms with Crippen molar-refractivity contribution < 1.29 is 4.79 Å². The Bertz CT molecular complexity index is 203. The summed E-state index contributed by atoms with van der Waals surface area (Å²) in [5.41, 5.74) is -0.164. The average molecular weight is 241 g/mol. The van der Waals surface area contributed by atoms with Crippen molar-refractivity contribution in [3.05, 3.63) is 0 Å². The third-order valence-electron chi connectivity index (χ3n) is 1.89. The van der Waals surface area contributed by atoms with E-state index in [4.69, 9.17) is 11.6 Å². The maximum Gasteiger partial charge on any atom is 0.237 e. The van der Waals surface area contributed by atoms with Crippen molar-refractivity contribution in [3.8, 4) is 0 Å². The lowest BCUT2D eigenvalue weighted by Crippen LogP contribution is -2.48. The van der Waals surface area contributed by atoms with E-state index in [9.17, 15) is 4.79 Å². The van der Waals surface area contributed by atoms with E-state index in [0.717, 1.165) is 13.0 Å². The Morgan fingerprint density at radius 3 is 2.43 bits per heavy atom. The maximum atomic E-state index is 11.6. The molecule has 0 unspecified atom stereocenters. The first-order valence-electron chi connectivity index (χ1n) is 4.58. The summed E-state index contributed by atoms with van der Waals surface area (Å²) in [6, 6.07) is -0.110. The summed E-state index contributed by atoms with van der Waals surface area (Å²) in [5, 5.41) is 6.10. The zero-order valence-electron chi connectivity index (χ0n) is 8.76. The third kappa shape index (κ3) is 4.49. The van der Waals surface area contributed by atoms with Gasteiger partial charge in [0.2, 0.25) is 5.91 Å². The Kier molecular flexibility index (Phi) is 5.20. The van der Waals surface area contributed by atoms with Crippen molar-refractivity contribution in [2.45, 2.75) is 44.1 Å². The lowest BCUT2D eigenvalue weighted by atomic mass is 10.1. The maximum absolute atomic E-state index is 11.6. The van der Waals surface area contributed by atoms with Crippen molar-refractivity contribution in [2.75, 3.05) is 6.54 Å². The zero-order chi connectivity index (χ0) is 10.1. The highest BCUT2D eigenvalue weighted by Gasteiger charge is 2.29. The SMILES string of the molecule is CC(C)(C)NC(=O)[C@@H]1C[C@H](Cl)CN1.Cl. The molecule has 1 rings (SSSR count). The summed E-state index contributed by atoms with van der Waals surface area (Å²) in [6.45, 7) is 6.64. The highest BCUT2D eigenvalue weighted by molar-refractivity contribution is 6.21. The summed E-state index contributed by atoms with van der Waals surface area (Å²) < 4.78 is 0. The number of halogens is 2. The molecule has 3 nitrogen and oxygen atoms in total. The number of amides is 1. The summed E-state index contributed by atoms with van der Waals surface area (Å²) in [6.07, 6.45) is 0.726. The van der Waals surface area contributed by atoms with Crippen molar-refractivity contribution >= 4 is 29.9 Å². The van der Waals surface area contributed by atoms with Crippen LogP contribution in [-0.4, -0.2) is 29.4 Å². The third-order valence-corrected chi connectivity index (χ3v) is 2.22. The van der Waals surface area contributed by atoms with Crippen LogP contribution in [0.2, 0.25) is 0 Å². The van der Waals surface area contributed by atoms with E-state index >= 15 is 0 Å². The van der Waals surface area contributed by atoms with Gasteiger partial charge in [0.05, 0.1) is 6.04 Å². The summed E-state index contributed by atoms with van der Waals surface area (Å²) >= 11 is 5.88. The molecule has 1 aliphatic heterocycles. The molecule has 1 saturated heterocycles. The average Bonchev–Trinajstić information content (AvgIpc) is 2.31. The van der Waals surface area contributed by atoms with Crippen LogP contribution in [0.4, 0.5) is 0 Å². The molecule has 1 heterocycles. The van der Waals surface area contributed by atoms with Crippen LogP contribution in [0.15, 0.2) is 0 Å². The van der Waals surface area contributed by atoms with Crippen molar-refractivity contribution in [1.29, 1.82) is 0 Å². The molecule has 0 aliphatic carbocycles. The standard InChI is InChI=1S/C9H17ClN2O.ClH/c1-9(2,3)12-8(13)7-4-6(10)5-11-7;/h6-7,11H,4-5H2,1-3H3,(H,12,13);1H/t6-,7-;/m0./s1. The van der Waals surface area contributed by atoms with Gasteiger partial charge in [-0.2, -0.15) is 0 Å². The van der Waals surface area contributed by atoms with Crippen LogP contribution in [-0.2, 0) is 4.79 Å². The van der Waals surface area contributed by atoms with E-state index in [1.165, 1.54) is 0 Å². The largest absolute Gasteiger partial charge is 0.350 e. The van der Waals surface area contributed by atoms with Crippen LogP contribution in [0.1, 0.15) is 27.2 Å². The smallest absolute Gasteiger partial charge is 0.237 e. The van der Waals surface area contributed by atoms with Gasteiger partial charge in [-0.25, -0.2) is 0 Å². The van der Waals surface area contributed by atoms with E-state index in [0.29, 0.717) is 0 Å². The highest BCUT2D eigenvalue weighted by Crippen LogP contribution is 2.13. The van der Waals surface area contributed by atoms with E-state index in [2.05, 4.69) is 10.6 Å². The zero-order valence-corrected chi connectivity index (χ0v) is 10.3. The predicted octanol–water partition coefficient (Wildman–Crippen LogP) is 1.29. The number of rotatable bonds is 1. The van der Waals surface area contributed by atoms with E-state index < -0.39 is 0 Å². The second kappa shape index (κ2) is 5.19. The van der Waals surface area contributed by atoms with Crippen LogP contribution in [0.25, 0.3) is 0 Å². The summed E-state index contributed by atoms with van der Waals surface area (Å²) in [4.78, 5) is 11.6. The number of carbonyl (C=O) groups is 1. The van der Waals surface area contributed by atoms with Gasteiger partial charge in [0.1, 0.15) is 0 Å². The summed E-state index contributed by atoms with van der Waals surface area (Å²) in [7, 11) is 0. The van der Waals surface area contributed by atoms with Crippen LogP contribution in [0.5, 0.6) is 0 Å². The van der Waals surface area contributed by atoms with Crippen LogP contribution in [0, 0.1) is 0 Å². The molecule has 1 aliphatic rings. The Morgan fingerprint density at radius 1 is 1.50 bits per heavy atom. The lowest BCUT2D eigenvalue weighted by molar-refractivity contribution is -0.124.